The van der Waals surface area contributed by atoms with Crippen LogP contribution in [-0.4, -0.2) is 49.8 Å². The Labute approximate surface area is 191 Å². The van der Waals surface area contributed by atoms with Gasteiger partial charge < -0.3 is 10.1 Å². The predicted molar refractivity (Wildman–Crippen MR) is 112 cm³/mol. The molecule has 13 heteroatoms. The second-order valence-electron chi connectivity index (χ2n) is 7.43. The number of nitrogens with one attached hydrogen (secondary N) is 1. The Morgan fingerprint density at radius 3 is 2.45 bits per heavy atom. The van der Waals surface area contributed by atoms with E-state index in [-0.39, 0.29) is 21.8 Å². The van der Waals surface area contributed by atoms with Crippen molar-refractivity contribution >= 4 is 33.2 Å². The molecule has 1 atom stereocenters. The van der Waals surface area contributed by atoms with Crippen LogP contribution in [0.1, 0.15) is 12.8 Å². The van der Waals surface area contributed by atoms with Gasteiger partial charge in [-0.3, -0.25) is 4.79 Å². The molecule has 0 radical (unpaired) electrons. The summed E-state index contributed by atoms with van der Waals surface area (Å²) in [6, 6.07) is 7.49. The Hall–Kier alpha value is -2.44. The summed E-state index contributed by atoms with van der Waals surface area (Å²) in [4.78, 5) is 12.7. The molecule has 1 fully saturated rings. The minimum atomic E-state index is -4.93. The van der Waals surface area contributed by atoms with E-state index in [0.717, 1.165) is 12.3 Å². The molecule has 1 saturated heterocycles. The van der Waals surface area contributed by atoms with E-state index < -0.39 is 59.4 Å². The molecule has 0 aromatic heterocycles. The van der Waals surface area contributed by atoms with Gasteiger partial charge in [0.2, 0.25) is 15.9 Å². The monoisotopic (exact) mass is 512 g/mol. The Morgan fingerprint density at radius 2 is 1.85 bits per heavy atom. The highest BCUT2D eigenvalue weighted by atomic mass is 35.5. The first-order valence-electron chi connectivity index (χ1n) is 9.46. The van der Waals surface area contributed by atoms with Gasteiger partial charge in [0, 0.05) is 36.2 Å². The normalized spacial score (nSPS) is 19.2. The van der Waals surface area contributed by atoms with Gasteiger partial charge in [0.15, 0.2) is 0 Å². The van der Waals surface area contributed by atoms with Gasteiger partial charge in [0.05, 0.1) is 11.3 Å². The average molecular weight is 513 g/mol. The number of para-hydroxylation sites is 1. The number of rotatable bonds is 5. The number of hydrogen-bond acceptors (Lipinski definition) is 4. The van der Waals surface area contributed by atoms with E-state index in [1.165, 1.54) is 36.4 Å². The molecular weight excluding hydrogens is 495 g/mol. The van der Waals surface area contributed by atoms with Crippen molar-refractivity contribution in [3.8, 4) is 16.9 Å². The zero-order valence-electron chi connectivity index (χ0n) is 17.0. The van der Waals surface area contributed by atoms with E-state index in [1.54, 1.807) is 0 Å². The highest BCUT2D eigenvalue weighted by molar-refractivity contribution is 7.88. The number of ether oxygens (including phenoxy) is 1. The first-order valence-corrected chi connectivity index (χ1v) is 11.7. The highest BCUT2D eigenvalue weighted by Crippen LogP contribution is 2.39. The number of anilines is 1. The molecule has 0 saturated carbocycles. The summed E-state index contributed by atoms with van der Waals surface area (Å²) in [7, 11) is -3.93. The lowest BCUT2D eigenvalue weighted by Crippen LogP contribution is -2.54. The number of benzene rings is 2. The predicted octanol–water partition coefficient (Wildman–Crippen LogP) is 4.90. The zero-order valence-corrected chi connectivity index (χ0v) is 18.6. The molecule has 1 heterocycles. The van der Waals surface area contributed by atoms with Crippen LogP contribution in [0.3, 0.4) is 0 Å². The number of alkyl halides is 5. The van der Waals surface area contributed by atoms with Crippen LogP contribution in [-0.2, 0) is 14.8 Å². The second-order valence-corrected chi connectivity index (χ2v) is 9.77. The van der Waals surface area contributed by atoms with E-state index >= 15 is 0 Å². The van der Waals surface area contributed by atoms with E-state index in [4.69, 9.17) is 11.6 Å². The SMILES string of the molecule is CS(=O)(=O)N1CCC(F)(F)C[C@@H]1C(=O)Nc1ccc(-c2ccccc2OC(F)(F)F)c(Cl)c1. The zero-order chi connectivity index (χ0) is 24.6. The van der Waals surface area contributed by atoms with Crippen LogP contribution in [0.2, 0.25) is 5.02 Å². The first-order chi connectivity index (χ1) is 15.2. The van der Waals surface area contributed by atoms with Crippen LogP contribution in [0, 0.1) is 0 Å². The Morgan fingerprint density at radius 1 is 1.18 bits per heavy atom. The molecule has 2 aromatic rings. The number of sulfonamides is 1. The third-order valence-corrected chi connectivity index (χ3v) is 6.51. The van der Waals surface area contributed by atoms with Crippen LogP contribution in [0.15, 0.2) is 42.5 Å². The van der Waals surface area contributed by atoms with Gasteiger partial charge in [-0.2, -0.15) is 4.31 Å². The van der Waals surface area contributed by atoms with Gasteiger partial charge in [-0.25, -0.2) is 17.2 Å². The molecule has 180 valence electrons. The van der Waals surface area contributed by atoms with Gasteiger partial charge in [-0.15, -0.1) is 13.2 Å². The number of amides is 1. The second kappa shape index (κ2) is 9.07. The van der Waals surface area contributed by atoms with Crippen molar-refractivity contribution in [2.24, 2.45) is 0 Å². The topological polar surface area (TPSA) is 75.7 Å². The molecule has 0 unspecified atom stereocenters. The fourth-order valence-corrected chi connectivity index (χ4v) is 4.81. The lowest BCUT2D eigenvalue weighted by Gasteiger charge is -2.36. The molecule has 0 aliphatic carbocycles. The molecule has 2 aromatic carbocycles. The molecule has 0 bridgehead atoms. The van der Waals surface area contributed by atoms with Crippen LogP contribution in [0.25, 0.3) is 11.1 Å². The number of nitrogens with zero attached hydrogens (tertiary/aromatic N) is 1. The van der Waals surface area contributed by atoms with Crippen molar-refractivity contribution in [3.05, 3.63) is 47.5 Å². The van der Waals surface area contributed by atoms with Gasteiger partial charge in [0.1, 0.15) is 11.8 Å². The Bertz CT molecular complexity index is 1160. The number of hydrogen-bond donors (Lipinski definition) is 1. The Balaban J connectivity index is 1.86. The van der Waals surface area contributed by atoms with Gasteiger partial charge in [-0.05, 0) is 18.2 Å². The van der Waals surface area contributed by atoms with Crippen LogP contribution in [0.5, 0.6) is 5.75 Å². The summed E-state index contributed by atoms with van der Waals surface area (Å²) in [5.41, 5.74) is 0.245. The average Bonchev–Trinajstić information content (AvgIpc) is 2.66. The van der Waals surface area contributed by atoms with Crippen molar-refractivity contribution in [1.82, 2.24) is 4.31 Å². The highest BCUT2D eigenvalue weighted by Gasteiger charge is 2.46. The summed E-state index contributed by atoms with van der Waals surface area (Å²) in [6.07, 6.45) is -5.80. The van der Waals surface area contributed by atoms with Crippen molar-refractivity contribution in [2.75, 3.05) is 18.1 Å². The molecule has 6 nitrogen and oxygen atoms in total. The van der Waals surface area contributed by atoms with Crippen molar-refractivity contribution in [1.29, 1.82) is 0 Å². The molecule has 1 aliphatic heterocycles. The van der Waals surface area contributed by atoms with Crippen LogP contribution in [0.4, 0.5) is 27.6 Å². The quantitative estimate of drug-likeness (QED) is 0.578. The Kier molecular flexibility index (Phi) is 6.92. The number of carbonyl (C=O) groups excluding carboxylic acids is 1. The first kappa shape index (κ1) is 25.2. The van der Waals surface area contributed by atoms with Crippen LogP contribution < -0.4 is 10.1 Å². The number of carbonyl (C=O) groups is 1. The third kappa shape index (κ3) is 6.33. The standard InChI is InChI=1S/C20H18ClF5N2O4S/c1-33(30,31)28-9-8-19(22,23)11-16(28)18(29)27-12-6-7-13(15(21)10-12)14-4-2-3-5-17(14)32-20(24,25)26/h2-7,10,16H,8-9,11H2,1H3,(H,27,29)/t16-/m1/s1. The molecule has 0 spiro atoms. The van der Waals surface area contributed by atoms with Crippen molar-refractivity contribution in [3.63, 3.8) is 0 Å². The number of piperidine rings is 1. The van der Waals surface area contributed by atoms with Crippen molar-refractivity contribution < 1.29 is 39.9 Å². The number of halogens is 6. The van der Waals surface area contributed by atoms with Gasteiger partial charge >= 0.3 is 6.36 Å². The van der Waals surface area contributed by atoms with Crippen LogP contribution >= 0.6 is 11.6 Å². The lowest BCUT2D eigenvalue weighted by atomic mass is 10.00. The minimum absolute atomic E-state index is 0.0351. The molecule has 1 amide bonds. The summed E-state index contributed by atoms with van der Waals surface area (Å²) >= 11 is 6.21. The summed E-state index contributed by atoms with van der Waals surface area (Å²) in [5.74, 6) is -4.69. The summed E-state index contributed by atoms with van der Waals surface area (Å²) in [5, 5.41) is 2.29. The van der Waals surface area contributed by atoms with E-state index in [1.807, 2.05) is 0 Å². The smallest absolute Gasteiger partial charge is 0.405 e. The maximum absolute atomic E-state index is 13.9. The third-order valence-electron chi connectivity index (χ3n) is 4.91. The van der Waals surface area contributed by atoms with Crippen molar-refractivity contribution in [2.45, 2.75) is 31.2 Å². The summed E-state index contributed by atoms with van der Waals surface area (Å²) < 4.78 is 94.4. The minimum Gasteiger partial charge on any atom is -0.405 e. The van der Waals surface area contributed by atoms with Gasteiger partial charge in [-0.1, -0.05) is 35.9 Å². The van der Waals surface area contributed by atoms with E-state index in [9.17, 15) is 35.2 Å². The molecule has 33 heavy (non-hydrogen) atoms. The maximum atomic E-state index is 13.9. The largest absolute Gasteiger partial charge is 0.573 e. The maximum Gasteiger partial charge on any atom is 0.573 e. The molecule has 1 N–H and O–H groups in total. The summed E-state index contributed by atoms with van der Waals surface area (Å²) in [6.45, 7) is -0.514. The molecular formula is C20H18ClF5N2O4S. The fourth-order valence-electron chi connectivity index (χ4n) is 3.48. The fraction of sp³-hybridized carbons (Fsp3) is 0.350. The van der Waals surface area contributed by atoms with E-state index in [0.29, 0.717) is 4.31 Å². The van der Waals surface area contributed by atoms with E-state index in [2.05, 4.69) is 10.1 Å². The lowest BCUT2D eigenvalue weighted by molar-refractivity contribution is -0.274. The van der Waals surface area contributed by atoms with Gasteiger partial charge in [0.25, 0.3) is 5.92 Å². The molecule has 3 rings (SSSR count). The molecule has 1 aliphatic rings.